The summed E-state index contributed by atoms with van der Waals surface area (Å²) in [6.07, 6.45) is 2.16. The molecule has 1 aliphatic carbocycles. The fourth-order valence-electron chi connectivity index (χ4n) is 2.37. The molecular formula is C15H17N3O4S. The lowest BCUT2D eigenvalue weighted by Gasteiger charge is -2.07. The number of hydrogen-bond donors (Lipinski definition) is 2. The molecule has 0 atom stereocenters. The van der Waals surface area contributed by atoms with Crippen molar-refractivity contribution in [3.05, 3.63) is 23.0 Å². The first kappa shape index (κ1) is 15.8. The summed E-state index contributed by atoms with van der Waals surface area (Å²) < 4.78 is 5.22. The summed E-state index contributed by atoms with van der Waals surface area (Å²) in [6.45, 7) is 2.19. The third-order valence-corrected chi connectivity index (χ3v) is 4.58. The number of nitrogens with one attached hydrogen (secondary N) is 1. The zero-order chi connectivity index (χ0) is 16.4. The fraction of sp³-hybridized carbons (Fsp3) is 0.467. The molecule has 0 saturated heterocycles. The average molecular weight is 335 g/mol. The first-order valence-electron chi connectivity index (χ1n) is 7.41. The fourth-order valence-corrected chi connectivity index (χ4v) is 2.94. The van der Waals surface area contributed by atoms with E-state index in [-0.39, 0.29) is 11.7 Å². The Morgan fingerprint density at radius 3 is 2.96 bits per heavy atom. The minimum absolute atomic E-state index is 0.0337. The number of carboxylic acid groups (broad SMARTS) is 1. The van der Waals surface area contributed by atoms with Crippen molar-refractivity contribution < 1.29 is 19.2 Å². The molecule has 2 aromatic heterocycles. The zero-order valence-electron chi connectivity index (χ0n) is 12.7. The van der Waals surface area contributed by atoms with Crippen molar-refractivity contribution in [2.75, 3.05) is 18.1 Å². The lowest BCUT2D eigenvalue weighted by atomic mass is 10.1. The Balaban J connectivity index is 1.73. The SMILES string of the molecule is Cc1noc2nc(C3CC3)cc(C(=O)NCCSCC(=O)O)c12. The molecule has 2 aromatic rings. The highest BCUT2D eigenvalue weighted by Gasteiger charge is 2.28. The van der Waals surface area contributed by atoms with E-state index in [2.05, 4.69) is 15.5 Å². The van der Waals surface area contributed by atoms with E-state index in [9.17, 15) is 9.59 Å². The van der Waals surface area contributed by atoms with Crippen LogP contribution in [0.2, 0.25) is 0 Å². The lowest BCUT2D eigenvalue weighted by Crippen LogP contribution is -2.26. The van der Waals surface area contributed by atoms with Crippen LogP contribution in [0.25, 0.3) is 11.1 Å². The van der Waals surface area contributed by atoms with Crippen molar-refractivity contribution in [3.8, 4) is 0 Å². The van der Waals surface area contributed by atoms with Gasteiger partial charge in [0, 0.05) is 23.9 Å². The third-order valence-electron chi connectivity index (χ3n) is 3.63. The Morgan fingerprint density at radius 1 is 1.48 bits per heavy atom. The highest BCUT2D eigenvalue weighted by atomic mass is 32.2. The van der Waals surface area contributed by atoms with Crippen LogP contribution in [-0.4, -0.2) is 45.2 Å². The molecule has 8 heteroatoms. The van der Waals surface area contributed by atoms with Gasteiger partial charge in [0.2, 0.25) is 0 Å². The second-order valence-corrected chi connectivity index (χ2v) is 6.62. The van der Waals surface area contributed by atoms with Crippen LogP contribution in [0.15, 0.2) is 10.6 Å². The van der Waals surface area contributed by atoms with Gasteiger partial charge in [0.15, 0.2) is 0 Å². The van der Waals surface area contributed by atoms with E-state index in [0.29, 0.717) is 40.6 Å². The Bertz CT molecular complexity index is 755. The summed E-state index contributed by atoms with van der Waals surface area (Å²) in [6, 6.07) is 1.82. The number of rotatable bonds is 7. The molecule has 2 heterocycles. The van der Waals surface area contributed by atoms with Gasteiger partial charge >= 0.3 is 5.97 Å². The van der Waals surface area contributed by atoms with Gasteiger partial charge in [0.05, 0.1) is 22.4 Å². The van der Waals surface area contributed by atoms with Gasteiger partial charge in [-0.3, -0.25) is 9.59 Å². The van der Waals surface area contributed by atoms with Crippen molar-refractivity contribution in [2.24, 2.45) is 0 Å². The number of aryl methyl sites for hydroxylation is 1. The van der Waals surface area contributed by atoms with Crippen molar-refractivity contribution in [2.45, 2.75) is 25.7 Å². The predicted octanol–water partition coefficient (Wildman–Crippen LogP) is 1.96. The van der Waals surface area contributed by atoms with Gasteiger partial charge in [-0.25, -0.2) is 4.98 Å². The molecule has 0 aliphatic heterocycles. The number of hydrogen-bond acceptors (Lipinski definition) is 6. The van der Waals surface area contributed by atoms with Crippen LogP contribution in [0, 0.1) is 6.92 Å². The van der Waals surface area contributed by atoms with Crippen LogP contribution < -0.4 is 5.32 Å². The van der Waals surface area contributed by atoms with Crippen LogP contribution in [0.3, 0.4) is 0 Å². The first-order valence-corrected chi connectivity index (χ1v) is 8.56. The van der Waals surface area contributed by atoms with Gasteiger partial charge < -0.3 is 14.9 Å². The molecule has 2 N–H and O–H groups in total. The number of carbonyl (C=O) groups excluding carboxylic acids is 1. The lowest BCUT2D eigenvalue weighted by molar-refractivity contribution is -0.133. The molecule has 0 aromatic carbocycles. The highest BCUT2D eigenvalue weighted by Crippen LogP contribution is 2.40. The summed E-state index contributed by atoms with van der Waals surface area (Å²) in [5, 5.41) is 15.9. The number of nitrogens with zero attached hydrogens (tertiary/aromatic N) is 2. The maximum absolute atomic E-state index is 12.5. The van der Waals surface area contributed by atoms with Gasteiger partial charge in [0.25, 0.3) is 11.6 Å². The zero-order valence-corrected chi connectivity index (χ0v) is 13.5. The topological polar surface area (TPSA) is 105 Å². The largest absolute Gasteiger partial charge is 0.481 e. The Morgan fingerprint density at radius 2 is 2.26 bits per heavy atom. The van der Waals surface area contributed by atoms with Crippen LogP contribution in [-0.2, 0) is 4.79 Å². The maximum atomic E-state index is 12.5. The van der Waals surface area contributed by atoms with E-state index < -0.39 is 5.97 Å². The quantitative estimate of drug-likeness (QED) is 0.745. The molecule has 0 spiro atoms. The van der Waals surface area contributed by atoms with E-state index in [1.54, 1.807) is 6.92 Å². The molecule has 1 aliphatic rings. The van der Waals surface area contributed by atoms with Gasteiger partial charge in [-0.05, 0) is 25.8 Å². The summed E-state index contributed by atoms with van der Waals surface area (Å²) in [5.41, 5.74) is 2.44. The minimum atomic E-state index is -0.855. The average Bonchev–Trinajstić information content (AvgIpc) is 3.30. The normalized spacial score (nSPS) is 14.1. The Labute approximate surface area is 136 Å². The van der Waals surface area contributed by atoms with E-state index >= 15 is 0 Å². The second-order valence-electron chi connectivity index (χ2n) is 5.52. The molecule has 7 nitrogen and oxygen atoms in total. The molecule has 122 valence electrons. The van der Waals surface area contributed by atoms with Crippen molar-refractivity contribution in [1.82, 2.24) is 15.5 Å². The van der Waals surface area contributed by atoms with Gasteiger partial charge in [-0.1, -0.05) is 5.16 Å². The predicted molar refractivity (Wildman–Crippen MR) is 85.8 cm³/mol. The number of thioether (sulfide) groups is 1. The summed E-state index contributed by atoms with van der Waals surface area (Å²) >= 11 is 1.27. The number of aliphatic carboxylic acids is 1. The molecule has 3 rings (SSSR count). The third kappa shape index (κ3) is 3.64. The van der Waals surface area contributed by atoms with Crippen LogP contribution in [0.1, 0.15) is 40.5 Å². The number of aromatic nitrogens is 2. The molecule has 0 radical (unpaired) electrons. The molecule has 1 fully saturated rings. The molecule has 1 saturated carbocycles. The van der Waals surface area contributed by atoms with Gasteiger partial charge in [-0.15, -0.1) is 11.8 Å². The van der Waals surface area contributed by atoms with Gasteiger partial charge in [0.1, 0.15) is 0 Å². The minimum Gasteiger partial charge on any atom is -0.481 e. The van der Waals surface area contributed by atoms with E-state index in [1.807, 2.05) is 6.07 Å². The first-order chi connectivity index (χ1) is 11.1. The molecule has 23 heavy (non-hydrogen) atoms. The van der Waals surface area contributed by atoms with Crippen LogP contribution in [0.4, 0.5) is 0 Å². The number of fused-ring (bicyclic) bond motifs is 1. The van der Waals surface area contributed by atoms with Crippen molar-refractivity contribution in [3.63, 3.8) is 0 Å². The molecule has 0 unspecified atom stereocenters. The standard InChI is InChI=1S/C15H17N3O4S/c1-8-13-10(14(21)16-4-5-23-7-12(19)20)6-11(9-2-3-9)17-15(13)22-18-8/h6,9H,2-5,7H2,1H3,(H,16,21)(H,19,20). The maximum Gasteiger partial charge on any atom is 0.313 e. The van der Waals surface area contributed by atoms with Gasteiger partial charge in [-0.2, -0.15) is 0 Å². The molecule has 1 amide bonds. The second kappa shape index (κ2) is 6.57. The van der Waals surface area contributed by atoms with Crippen LogP contribution in [0.5, 0.6) is 0 Å². The van der Waals surface area contributed by atoms with Crippen molar-refractivity contribution >= 4 is 34.7 Å². The summed E-state index contributed by atoms with van der Waals surface area (Å²) in [4.78, 5) is 27.4. The van der Waals surface area contributed by atoms with E-state index in [0.717, 1.165) is 18.5 Å². The Hall–Kier alpha value is -2.09. The van der Waals surface area contributed by atoms with Crippen molar-refractivity contribution in [1.29, 1.82) is 0 Å². The number of carboxylic acids is 1. The molecule has 0 bridgehead atoms. The number of carbonyl (C=O) groups is 2. The van der Waals surface area contributed by atoms with E-state index in [4.69, 9.17) is 9.63 Å². The number of amides is 1. The summed E-state index contributed by atoms with van der Waals surface area (Å²) in [5.74, 6) is -0.0774. The van der Waals surface area contributed by atoms with E-state index in [1.165, 1.54) is 11.8 Å². The smallest absolute Gasteiger partial charge is 0.313 e. The number of pyridine rings is 1. The Kier molecular flexibility index (Phi) is 4.51. The van der Waals surface area contributed by atoms with Crippen LogP contribution >= 0.6 is 11.8 Å². The molecular weight excluding hydrogens is 318 g/mol. The summed E-state index contributed by atoms with van der Waals surface area (Å²) in [7, 11) is 0. The monoisotopic (exact) mass is 335 g/mol. The highest BCUT2D eigenvalue weighted by molar-refractivity contribution is 7.99.